The maximum absolute atomic E-state index is 11.3. The Morgan fingerprint density at radius 1 is 1.47 bits per heavy atom. The highest BCUT2D eigenvalue weighted by Gasteiger charge is 2.27. The van der Waals surface area contributed by atoms with Gasteiger partial charge in [0, 0.05) is 6.04 Å². The minimum atomic E-state index is -2.87. The maximum atomic E-state index is 11.3. The van der Waals surface area contributed by atoms with Crippen LogP contribution in [-0.2, 0) is 16.4 Å². The molecule has 0 aromatic carbocycles. The minimum Gasteiger partial charge on any atom is -0.382 e. The molecule has 2 aromatic heterocycles. The van der Waals surface area contributed by atoms with Crippen molar-refractivity contribution < 1.29 is 8.42 Å². The first-order valence-corrected chi connectivity index (χ1v) is 7.74. The van der Waals surface area contributed by atoms with Crippen molar-refractivity contribution in [3.05, 3.63) is 12.2 Å². The number of H-pyrrole nitrogens is 1. The smallest absolute Gasteiger partial charge is 0.183 e. The van der Waals surface area contributed by atoms with Crippen LogP contribution in [0.25, 0.3) is 11.2 Å². The number of hydrogen-bond acceptors (Lipinski definition) is 7. The molecule has 1 fully saturated rings. The SMILES string of the molecule is Nc1ncnc2nc(CNC3CCS(=O)(=O)C3)[nH]c12. The van der Waals surface area contributed by atoms with Crippen LogP contribution in [0, 0.1) is 0 Å². The molecule has 1 aliphatic rings. The van der Waals surface area contributed by atoms with Gasteiger partial charge in [-0.1, -0.05) is 0 Å². The molecule has 3 heterocycles. The molecule has 0 amide bonds. The quantitative estimate of drug-likeness (QED) is 0.673. The Kier molecular flexibility index (Phi) is 2.86. The van der Waals surface area contributed by atoms with Crippen molar-refractivity contribution in [2.45, 2.75) is 19.0 Å². The van der Waals surface area contributed by atoms with Crippen molar-refractivity contribution >= 4 is 26.8 Å². The molecule has 4 N–H and O–H groups in total. The summed E-state index contributed by atoms with van der Waals surface area (Å²) in [6.07, 6.45) is 2.00. The number of anilines is 1. The summed E-state index contributed by atoms with van der Waals surface area (Å²) in [7, 11) is -2.87. The normalized spacial score (nSPS) is 22.0. The van der Waals surface area contributed by atoms with E-state index in [-0.39, 0.29) is 17.5 Å². The third-order valence-corrected chi connectivity index (χ3v) is 4.93. The Bertz CT molecular complexity index is 710. The first kappa shape index (κ1) is 12.3. The van der Waals surface area contributed by atoms with Crippen molar-refractivity contribution in [3.63, 3.8) is 0 Å². The summed E-state index contributed by atoms with van der Waals surface area (Å²) >= 11 is 0. The summed E-state index contributed by atoms with van der Waals surface area (Å²) in [6, 6.07) is -0.0124. The van der Waals surface area contributed by atoms with E-state index < -0.39 is 9.84 Å². The fraction of sp³-hybridized carbons (Fsp3) is 0.500. The van der Waals surface area contributed by atoms with Gasteiger partial charge in [-0.2, -0.15) is 0 Å². The summed E-state index contributed by atoms with van der Waals surface area (Å²) in [4.78, 5) is 15.2. The molecule has 2 aromatic rings. The highest BCUT2D eigenvalue weighted by atomic mass is 32.2. The Morgan fingerprint density at radius 3 is 3.00 bits per heavy atom. The van der Waals surface area contributed by atoms with Crippen molar-refractivity contribution in [1.29, 1.82) is 0 Å². The molecule has 1 aliphatic heterocycles. The number of aromatic amines is 1. The summed E-state index contributed by atoms with van der Waals surface area (Å²) in [5, 5.41) is 3.17. The zero-order chi connectivity index (χ0) is 13.5. The largest absolute Gasteiger partial charge is 0.382 e. The molecule has 1 unspecified atom stereocenters. The van der Waals surface area contributed by atoms with E-state index in [0.717, 1.165) is 0 Å². The van der Waals surface area contributed by atoms with E-state index in [0.29, 0.717) is 35.8 Å². The minimum absolute atomic E-state index is 0.0124. The predicted octanol–water partition coefficient (Wildman–Crippen LogP) is -0.788. The van der Waals surface area contributed by atoms with E-state index in [4.69, 9.17) is 5.73 Å². The van der Waals surface area contributed by atoms with Gasteiger partial charge in [0.2, 0.25) is 0 Å². The average molecular weight is 282 g/mol. The monoisotopic (exact) mass is 282 g/mol. The van der Waals surface area contributed by atoms with Gasteiger partial charge in [0.05, 0.1) is 18.1 Å². The predicted molar refractivity (Wildman–Crippen MR) is 70.0 cm³/mol. The summed E-state index contributed by atoms with van der Waals surface area (Å²) in [5.41, 5.74) is 6.83. The van der Waals surface area contributed by atoms with E-state index >= 15 is 0 Å². The number of sulfone groups is 1. The number of nitrogens with two attached hydrogens (primary N) is 1. The standard InChI is InChI=1S/C10H14N6O2S/c11-9-8-10(14-5-13-9)16-7(15-8)3-12-6-1-2-19(17,18)4-6/h5-6,12H,1-4H2,(H3,11,13,14,15,16). The molecular formula is C10H14N6O2S. The molecule has 19 heavy (non-hydrogen) atoms. The van der Waals surface area contributed by atoms with E-state index in [9.17, 15) is 8.42 Å². The van der Waals surface area contributed by atoms with Crippen molar-refractivity contribution in [2.24, 2.45) is 0 Å². The molecular weight excluding hydrogens is 268 g/mol. The number of nitrogens with zero attached hydrogens (tertiary/aromatic N) is 3. The van der Waals surface area contributed by atoms with Crippen LogP contribution in [0.4, 0.5) is 5.82 Å². The second kappa shape index (κ2) is 4.42. The number of rotatable bonds is 3. The van der Waals surface area contributed by atoms with Crippen LogP contribution in [0.2, 0.25) is 0 Å². The first-order chi connectivity index (χ1) is 9.03. The third kappa shape index (κ3) is 2.51. The van der Waals surface area contributed by atoms with Gasteiger partial charge in [-0.3, -0.25) is 0 Å². The van der Waals surface area contributed by atoms with Gasteiger partial charge in [0.25, 0.3) is 0 Å². The second-order valence-corrected chi connectivity index (χ2v) is 6.85. The van der Waals surface area contributed by atoms with Gasteiger partial charge < -0.3 is 16.0 Å². The molecule has 0 saturated carbocycles. The van der Waals surface area contributed by atoms with E-state index in [1.165, 1.54) is 6.33 Å². The summed E-state index contributed by atoms with van der Waals surface area (Å²) in [6.45, 7) is 0.454. The average Bonchev–Trinajstić information content (AvgIpc) is 2.91. The van der Waals surface area contributed by atoms with Crippen LogP contribution in [0.15, 0.2) is 6.33 Å². The molecule has 0 bridgehead atoms. The van der Waals surface area contributed by atoms with Gasteiger partial charge >= 0.3 is 0 Å². The van der Waals surface area contributed by atoms with Crippen LogP contribution in [0.3, 0.4) is 0 Å². The number of imidazole rings is 1. The maximum Gasteiger partial charge on any atom is 0.183 e. The lowest BCUT2D eigenvalue weighted by Gasteiger charge is -2.08. The highest BCUT2D eigenvalue weighted by molar-refractivity contribution is 7.91. The number of aromatic nitrogens is 4. The molecule has 0 radical (unpaired) electrons. The van der Waals surface area contributed by atoms with Crippen LogP contribution < -0.4 is 11.1 Å². The fourth-order valence-corrected chi connectivity index (χ4v) is 3.88. The lowest BCUT2D eigenvalue weighted by Crippen LogP contribution is -2.29. The van der Waals surface area contributed by atoms with E-state index in [1.54, 1.807) is 0 Å². The molecule has 0 spiro atoms. The first-order valence-electron chi connectivity index (χ1n) is 5.92. The molecule has 9 heteroatoms. The second-order valence-electron chi connectivity index (χ2n) is 4.62. The summed E-state index contributed by atoms with van der Waals surface area (Å²) in [5.74, 6) is 1.47. The Hall–Kier alpha value is -1.74. The van der Waals surface area contributed by atoms with Gasteiger partial charge in [-0.05, 0) is 6.42 Å². The lowest BCUT2D eigenvalue weighted by atomic mass is 10.2. The van der Waals surface area contributed by atoms with E-state index in [2.05, 4.69) is 25.3 Å². The van der Waals surface area contributed by atoms with Gasteiger partial charge in [-0.25, -0.2) is 23.4 Å². The summed E-state index contributed by atoms with van der Waals surface area (Å²) < 4.78 is 22.7. The zero-order valence-corrected chi connectivity index (χ0v) is 10.9. The van der Waals surface area contributed by atoms with Crippen molar-refractivity contribution in [3.8, 4) is 0 Å². The molecule has 8 nitrogen and oxygen atoms in total. The molecule has 1 saturated heterocycles. The lowest BCUT2D eigenvalue weighted by molar-refractivity contribution is 0.544. The number of fused-ring (bicyclic) bond motifs is 1. The number of hydrogen-bond donors (Lipinski definition) is 3. The Morgan fingerprint density at radius 2 is 2.32 bits per heavy atom. The van der Waals surface area contributed by atoms with Crippen molar-refractivity contribution in [1.82, 2.24) is 25.3 Å². The van der Waals surface area contributed by atoms with Crippen LogP contribution in [0.5, 0.6) is 0 Å². The molecule has 1 atom stereocenters. The topological polar surface area (TPSA) is 127 Å². The third-order valence-electron chi connectivity index (χ3n) is 3.16. The fourth-order valence-electron chi connectivity index (χ4n) is 2.17. The molecule has 102 valence electrons. The van der Waals surface area contributed by atoms with Crippen LogP contribution in [-0.4, -0.2) is 45.9 Å². The van der Waals surface area contributed by atoms with Gasteiger partial charge in [-0.15, -0.1) is 0 Å². The number of nitrogens with one attached hydrogen (secondary N) is 2. The Balaban J connectivity index is 1.71. The zero-order valence-electron chi connectivity index (χ0n) is 10.1. The molecule has 0 aliphatic carbocycles. The van der Waals surface area contributed by atoms with Crippen LogP contribution >= 0.6 is 0 Å². The molecule has 3 rings (SSSR count). The van der Waals surface area contributed by atoms with Gasteiger partial charge in [0.1, 0.15) is 17.7 Å². The van der Waals surface area contributed by atoms with Gasteiger partial charge in [0.15, 0.2) is 21.3 Å². The van der Waals surface area contributed by atoms with Crippen LogP contribution in [0.1, 0.15) is 12.2 Å². The Labute approximate surface area is 109 Å². The van der Waals surface area contributed by atoms with Crippen molar-refractivity contribution in [2.75, 3.05) is 17.2 Å². The number of nitrogen functional groups attached to an aromatic ring is 1. The van der Waals surface area contributed by atoms with E-state index in [1.807, 2.05) is 0 Å². The highest BCUT2D eigenvalue weighted by Crippen LogP contribution is 2.14.